The van der Waals surface area contributed by atoms with E-state index in [9.17, 15) is 5.11 Å². The summed E-state index contributed by atoms with van der Waals surface area (Å²) in [5.74, 6) is 0.377. The molecule has 6 heteroatoms. The summed E-state index contributed by atoms with van der Waals surface area (Å²) < 4.78 is 5.22. The van der Waals surface area contributed by atoms with E-state index in [4.69, 9.17) is 16.2 Å². The minimum atomic E-state index is -0.0864. The molecule has 0 heterocycles. The van der Waals surface area contributed by atoms with Crippen LogP contribution in [0.4, 0.5) is 0 Å². The van der Waals surface area contributed by atoms with Gasteiger partial charge in [-0.2, -0.15) is 0 Å². The number of nitrogens with one attached hydrogen (secondary N) is 1. The molecule has 86 valence electrons. The zero-order valence-corrected chi connectivity index (χ0v) is 8.97. The summed E-state index contributed by atoms with van der Waals surface area (Å²) in [6, 6.07) is 5.14. The highest BCUT2D eigenvalue weighted by Crippen LogP contribution is 2.27. The molecule has 16 heavy (non-hydrogen) atoms. The Balaban J connectivity index is 2.93. The van der Waals surface area contributed by atoms with Crippen LogP contribution in [0.25, 0.3) is 0 Å². The van der Waals surface area contributed by atoms with E-state index < -0.39 is 0 Å². The van der Waals surface area contributed by atoms with E-state index >= 15 is 0 Å². The van der Waals surface area contributed by atoms with Gasteiger partial charge in [0.05, 0.1) is 12.2 Å². The van der Waals surface area contributed by atoms with E-state index in [0.29, 0.717) is 17.9 Å². The van der Waals surface area contributed by atoms with Crippen molar-refractivity contribution in [2.24, 2.45) is 16.6 Å². The van der Waals surface area contributed by atoms with Crippen molar-refractivity contribution in [3.8, 4) is 11.5 Å². The van der Waals surface area contributed by atoms with Gasteiger partial charge in [0.1, 0.15) is 0 Å². The second-order valence-electron chi connectivity index (χ2n) is 2.94. The standard InChI is InChI=1S/C10H14N4O2/c1-2-16-8-5-3-4-7(9(8)15)6-13-14-10(11)12/h3-6,15H,2H2,1H3,(H4,11,12,14)/p+1/b13-6+. The van der Waals surface area contributed by atoms with Gasteiger partial charge in [0.25, 0.3) is 5.96 Å². The third kappa shape index (κ3) is 3.16. The second-order valence-corrected chi connectivity index (χ2v) is 2.94. The number of nitrogens with two attached hydrogens (primary N) is 2. The number of hydrogen-bond donors (Lipinski definition) is 4. The quantitative estimate of drug-likeness (QED) is 0.282. The first-order valence-corrected chi connectivity index (χ1v) is 4.77. The van der Waals surface area contributed by atoms with Gasteiger partial charge < -0.3 is 21.3 Å². The van der Waals surface area contributed by atoms with Crippen LogP contribution in [0.15, 0.2) is 23.3 Å². The van der Waals surface area contributed by atoms with Crippen molar-refractivity contribution in [2.75, 3.05) is 6.61 Å². The Morgan fingerprint density at radius 1 is 1.56 bits per heavy atom. The van der Waals surface area contributed by atoms with Gasteiger partial charge in [-0.1, -0.05) is 6.07 Å². The molecule has 0 unspecified atom stereocenters. The van der Waals surface area contributed by atoms with Gasteiger partial charge in [0.2, 0.25) is 6.21 Å². The highest BCUT2D eigenvalue weighted by molar-refractivity contribution is 5.81. The number of guanidine groups is 1. The van der Waals surface area contributed by atoms with Gasteiger partial charge in [-0.15, -0.1) is 5.10 Å². The molecule has 0 amide bonds. The van der Waals surface area contributed by atoms with Crippen LogP contribution in [0, 0.1) is 0 Å². The van der Waals surface area contributed by atoms with E-state index in [-0.39, 0.29) is 11.7 Å². The fraction of sp³-hybridized carbons (Fsp3) is 0.200. The molecule has 0 fully saturated rings. The predicted molar refractivity (Wildman–Crippen MR) is 61.2 cm³/mol. The summed E-state index contributed by atoms with van der Waals surface area (Å²) >= 11 is 0. The van der Waals surface area contributed by atoms with Crippen LogP contribution in [0.1, 0.15) is 12.5 Å². The number of hydrazone groups is 1. The SMILES string of the molecule is CCOc1cccc(/C=[NH+]/N=C(N)N)c1O. The Morgan fingerprint density at radius 2 is 2.31 bits per heavy atom. The highest BCUT2D eigenvalue weighted by atomic mass is 16.5. The number of benzene rings is 1. The first-order valence-electron chi connectivity index (χ1n) is 4.77. The molecular formula is C10H15N4O2+. The number of phenols is 1. The molecule has 0 aliphatic rings. The molecule has 0 atom stereocenters. The molecule has 1 rings (SSSR count). The van der Waals surface area contributed by atoms with Gasteiger partial charge in [0, 0.05) is 5.10 Å². The Bertz CT molecular complexity index is 411. The number of phenolic OH excluding ortho intramolecular Hbond substituents is 1. The van der Waals surface area contributed by atoms with Crippen LogP contribution in [-0.4, -0.2) is 23.9 Å². The molecule has 0 spiro atoms. The average molecular weight is 223 g/mol. The minimum absolute atomic E-state index is 0.0441. The molecule has 0 aromatic heterocycles. The van der Waals surface area contributed by atoms with Crippen molar-refractivity contribution >= 4 is 12.2 Å². The van der Waals surface area contributed by atoms with Crippen LogP contribution < -0.4 is 21.3 Å². The molecule has 0 aliphatic carbocycles. The fourth-order valence-corrected chi connectivity index (χ4v) is 1.10. The maximum Gasteiger partial charge on any atom is 0.256 e. The lowest BCUT2D eigenvalue weighted by atomic mass is 10.2. The summed E-state index contributed by atoms with van der Waals surface area (Å²) in [5.41, 5.74) is 10.8. The number of nitrogens with zero attached hydrogens (tertiary/aromatic N) is 1. The zero-order valence-electron chi connectivity index (χ0n) is 8.97. The topological polar surface area (TPSA) is 108 Å². The normalized spacial score (nSPS) is 10.3. The van der Waals surface area contributed by atoms with Crippen LogP contribution >= 0.6 is 0 Å². The largest absolute Gasteiger partial charge is 0.504 e. The third-order valence-electron chi connectivity index (χ3n) is 1.74. The average Bonchev–Trinajstić information content (AvgIpc) is 2.23. The molecule has 0 aliphatic heterocycles. The second kappa shape index (κ2) is 5.59. The molecule has 0 bridgehead atoms. The van der Waals surface area contributed by atoms with Crippen LogP contribution in [0.2, 0.25) is 0 Å². The lowest BCUT2D eigenvalue weighted by molar-refractivity contribution is -0.456. The van der Waals surface area contributed by atoms with Crippen molar-refractivity contribution in [2.45, 2.75) is 6.92 Å². The Labute approximate surface area is 93.2 Å². The van der Waals surface area contributed by atoms with E-state index in [2.05, 4.69) is 10.2 Å². The summed E-state index contributed by atoms with van der Waals surface area (Å²) in [5, 5.41) is 15.8. The van der Waals surface area contributed by atoms with Crippen molar-refractivity contribution < 1.29 is 14.9 Å². The predicted octanol–water partition coefficient (Wildman–Crippen LogP) is -1.52. The molecule has 6 N–H and O–H groups in total. The van der Waals surface area contributed by atoms with Gasteiger partial charge in [-0.3, -0.25) is 0 Å². The van der Waals surface area contributed by atoms with E-state index in [1.807, 2.05) is 6.92 Å². The summed E-state index contributed by atoms with van der Waals surface area (Å²) in [4.78, 5) is 0. The lowest BCUT2D eigenvalue weighted by Gasteiger charge is -2.05. The lowest BCUT2D eigenvalue weighted by Crippen LogP contribution is -2.63. The van der Waals surface area contributed by atoms with E-state index in [1.165, 1.54) is 6.21 Å². The highest BCUT2D eigenvalue weighted by Gasteiger charge is 2.07. The number of aromatic hydroxyl groups is 1. The number of hydrogen-bond acceptors (Lipinski definition) is 3. The number of para-hydroxylation sites is 1. The maximum absolute atomic E-state index is 9.78. The molecule has 1 aromatic carbocycles. The number of rotatable bonds is 4. The molecule has 6 nitrogen and oxygen atoms in total. The first-order chi connectivity index (χ1) is 7.65. The molecule has 0 radical (unpaired) electrons. The van der Waals surface area contributed by atoms with Crippen molar-refractivity contribution in [3.05, 3.63) is 23.8 Å². The van der Waals surface area contributed by atoms with Gasteiger partial charge in [-0.25, -0.2) is 0 Å². The fourth-order valence-electron chi connectivity index (χ4n) is 1.10. The molecule has 0 saturated heterocycles. The van der Waals surface area contributed by atoms with Crippen molar-refractivity contribution in [1.29, 1.82) is 0 Å². The summed E-state index contributed by atoms with van der Waals surface area (Å²) in [7, 11) is 0. The Kier molecular flexibility index (Phi) is 4.14. The van der Waals surface area contributed by atoms with Crippen molar-refractivity contribution in [1.82, 2.24) is 0 Å². The minimum Gasteiger partial charge on any atom is -0.504 e. The molecule has 1 aromatic rings. The first kappa shape index (κ1) is 11.8. The summed E-state index contributed by atoms with van der Waals surface area (Å²) in [6.45, 7) is 2.33. The van der Waals surface area contributed by atoms with Gasteiger partial charge >= 0.3 is 0 Å². The monoisotopic (exact) mass is 223 g/mol. The Hall–Kier alpha value is -2.24. The number of ether oxygens (including phenoxy) is 1. The van der Waals surface area contributed by atoms with Crippen LogP contribution in [0.3, 0.4) is 0 Å². The van der Waals surface area contributed by atoms with Gasteiger partial charge in [0.15, 0.2) is 11.5 Å². The van der Waals surface area contributed by atoms with Crippen molar-refractivity contribution in [3.63, 3.8) is 0 Å². The maximum atomic E-state index is 9.78. The molecular weight excluding hydrogens is 208 g/mol. The summed E-state index contributed by atoms with van der Waals surface area (Å²) in [6.07, 6.45) is 1.47. The third-order valence-corrected chi connectivity index (χ3v) is 1.74. The van der Waals surface area contributed by atoms with E-state index in [0.717, 1.165) is 0 Å². The van der Waals surface area contributed by atoms with Gasteiger partial charge in [-0.05, 0) is 19.1 Å². The van der Waals surface area contributed by atoms with Crippen LogP contribution in [0.5, 0.6) is 11.5 Å². The van der Waals surface area contributed by atoms with E-state index in [1.54, 1.807) is 18.2 Å². The van der Waals surface area contributed by atoms with Crippen LogP contribution in [-0.2, 0) is 0 Å². The zero-order chi connectivity index (χ0) is 12.0. The smallest absolute Gasteiger partial charge is 0.256 e. The molecule has 0 saturated carbocycles. The Morgan fingerprint density at radius 3 is 2.94 bits per heavy atom.